The molecule has 4 rings (SSSR count). The van der Waals surface area contributed by atoms with E-state index in [1.54, 1.807) is 11.0 Å². The molecule has 1 heterocycles. The average molecular weight is 468 g/mol. The van der Waals surface area contributed by atoms with Crippen molar-refractivity contribution in [1.82, 2.24) is 10.2 Å². The fourth-order valence-corrected chi connectivity index (χ4v) is 5.23. The number of benzene rings is 2. The molecule has 1 saturated heterocycles. The minimum Gasteiger partial charge on any atom is -0.348 e. The van der Waals surface area contributed by atoms with Gasteiger partial charge in [-0.25, -0.2) is 4.79 Å². The molecule has 6 nitrogen and oxygen atoms in total. The van der Waals surface area contributed by atoms with Gasteiger partial charge in [0.25, 0.3) is 5.91 Å². The Bertz CT molecular complexity index is 1050. The van der Waals surface area contributed by atoms with Gasteiger partial charge in [0.2, 0.25) is 5.91 Å². The van der Waals surface area contributed by atoms with Crippen molar-refractivity contribution >= 4 is 35.1 Å². The van der Waals surface area contributed by atoms with E-state index in [0.29, 0.717) is 30.0 Å². The van der Waals surface area contributed by atoms with Gasteiger partial charge in [-0.15, -0.1) is 0 Å². The molecule has 2 fully saturated rings. The first-order valence-electron chi connectivity index (χ1n) is 11.6. The van der Waals surface area contributed by atoms with E-state index in [2.05, 4.69) is 5.32 Å². The van der Waals surface area contributed by atoms with Crippen LogP contribution >= 0.6 is 11.6 Å². The van der Waals surface area contributed by atoms with Gasteiger partial charge in [-0.1, -0.05) is 67.6 Å². The summed E-state index contributed by atoms with van der Waals surface area (Å²) in [5, 5.41) is 3.56. The molecule has 1 aliphatic carbocycles. The number of halogens is 1. The van der Waals surface area contributed by atoms with Crippen molar-refractivity contribution in [2.75, 3.05) is 11.4 Å². The molecule has 1 aliphatic heterocycles. The Balaban J connectivity index is 1.57. The van der Waals surface area contributed by atoms with Crippen LogP contribution in [0.3, 0.4) is 0 Å². The molecule has 174 valence electrons. The first kappa shape index (κ1) is 23.3. The summed E-state index contributed by atoms with van der Waals surface area (Å²) in [6.45, 7) is 3.66. The van der Waals surface area contributed by atoms with Crippen LogP contribution in [-0.4, -0.2) is 34.8 Å². The Morgan fingerprint density at radius 3 is 2.42 bits per heavy atom. The summed E-state index contributed by atoms with van der Waals surface area (Å²) in [6, 6.07) is 14.3. The number of imide groups is 1. The zero-order valence-corrected chi connectivity index (χ0v) is 19.9. The van der Waals surface area contributed by atoms with E-state index in [0.717, 1.165) is 35.3 Å². The fourth-order valence-electron chi connectivity index (χ4n) is 5.03. The quantitative estimate of drug-likeness (QED) is 0.579. The summed E-state index contributed by atoms with van der Waals surface area (Å²) >= 11 is 6.11. The third-order valence-corrected chi connectivity index (χ3v) is 7.00. The highest BCUT2D eigenvalue weighted by atomic mass is 35.5. The molecular formula is C26H30ClN3O3. The van der Waals surface area contributed by atoms with Crippen LogP contribution in [0.1, 0.15) is 62.6 Å². The summed E-state index contributed by atoms with van der Waals surface area (Å²) < 4.78 is 0. The van der Waals surface area contributed by atoms with E-state index >= 15 is 0 Å². The number of nitrogens with zero attached hydrogens (tertiary/aromatic N) is 2. The highest BCUT2D eigenvalue weighted by Gasteiger charge is 2.58. The smallest absolute Gasteiger partial charge is 0.332 e. The second-order valence-electron chi connectivity index (χ2n) is 9.02. The lowest BCUT2D eigenvalue weighted by atomic mass is 9.80. The third-order valence-electron chi connectivity index (χ3n) is 6.76. The van der Waals surface area contributed by atoms with Gasteiger partial charge in [-0.05, 0) is 56.0 Å². The summed E-state index contributed by atoms with van der Waals surface area (Å²) in [5.41, 5.74) is 1.77. The van der Waals surface area contributed by atoms with Crippen molar-refractivity contribution in [3.8, 4) is 0 Å². The number of carbonyl (C=O) groups excluding carboxylic acids is 3. The normalized spacial score (nSPS) is 18.6. The van der Waals surface area contributed by atoms with Gasteiger partial charge < -0.3 is 5.32 Å². The number of carbonyl (C=O) groups is 3. The van der Waals surface area contributed by atoms with Crippen LogP contribution in [0.4, 0.5) is 10.5 Å². The van der Waals surface area contributed by atoms with Crippen molar-refractivity contribution < 1.29 is 14.4 Å². The largest absolute Gasteiger partial charge is 0.348 e. The summed E-state index contributed by atoms with van der Waals surface area (Å²) in [6.07, 6.45) is 4.70. The molecule has 2 aliphatic rings. The Morgan fingerprint density at radius 2 is 1.79 bits per heavy atom. The number of rotatable bonds is 6. The zero-order chi connectivity index (χ0) is 23.6. The molecule has 2 aromatic carbocycles. The van der Waals surface area contributed by atoms with Crippen LogP contribution in [0.2, 0.25) is 5.02 Å². The van der Waals surface area contributed by atoms with E-state index in [1.165, 1.54) is 0 Å². The summed E-state index contributed by atoms with van der Waals surface area (Å²) in [4.78, 5) is 42.9. The molecule has 2 aromatic rings. The molecule has 7 heteroatoms. The van der Waals surface area contributed by atoms with Crippen LogP contribution in [0.15, 0.2) is 48.5 Å². The minimum atomic E-state index is -0.901. The third kappa shape index (κ3) is 4.49. The van der Waals surface area contributed by atoms with E-state index in [9.17, 15) is 14.4 Å². The molecule has 4 amide bonds. The highest BCUT2D eigenvalue weighted by molar-refractivity contribution is 6.30. The van der Waals surface area contributed by atoms with Crippen molar-refractivity contribution in [2.45, 2.75) is 64.0 Å². The van der Waals surface area contributed by atoms with Gasteiger partial charge in [0.05, 0.1) is 6.04 Å². The maximum Gasteiger partial charge on any atom is 0.332 e. The number of hydrogen-bond donors (Lipinski definition) is 1. The van der Waals surface area contributed by atoms with Crippen LogP contribution in [0, 0.1) is 6.92 Å². The second-order valence-corrected chi connectivity index (χ2v) is 9.46. The first-order chi connectivity index (χ1) is 15.9. The predicted molar refractivity (Wildman–Crippen MR) is 129 cm³/mol. The second kappa shape index (κ2) is 9.56. The van der Waals surface area contributed by atoms with Gasteiger partial charge >= 0.3 is 6.03 Å². The van der Waals surface area contributed by atoms with Crippen LogP contribution in [-0.2, 0) is 9.59 Å². The first-order valence-corrected chi connectivity index (χ1v) is 12.0. The molecule has 0 aromatic heterocycles. The highest BCUT2D eigenvalue weighted by Crippen LogP contribution is 2.43. The molecule has 0 radical (unpaired) electrons. The number of nitrogens with one attached hydrogen (secondary N) is 1. The molecule has 0 bridgehead atoms. The monoisotopic (exact) mass is 467 g/mol. The van der Waals surface area contributed by atoms with Gasteiger partial charge in [-0.2, -0.15) is 0 Å². The average Bonchev–Trinajstić information content (AvgIpc) is 3.00. The molecule has 1 N–H and O–H groups in total. The SMILES string of the molecule is CCC(NC(=O)CN1C(=O)N(c2ccc(C)cc2)C2(CCCCC2)C1=O)c1cccc(Cl)c1. The molecule has 1 spiro atoms. The molecular weight excluding hydrogens is 438 g/mol. The predicted octanol–water partition coefficient (Wildman–Crippen LogP) is 5.39. The zero-order valence-electron chi connectivity index (χ0n) is 19.1. The van der Waals surface area contributed by atoms with E-state index in [-0.39, 0.29) is 24.4 Å². The number of urea groups is 1. The number of aryl methyl sites for hydroxylation is 1. The molecule has 1 unspecified atom stereocenters. The summed E-state index contributed by atoms with van der Waals surface area (Å²) in [5.74, 6) is -0.626. The molecule has 1 atom stereocenters. The van der Waals surface area contributed by atoms with E-state index < -0.39 is 11.6 Å². The van der Waals surface area contributed by atoms with E-state index in [4.69, 9.17) is 11.6 Å². The standard InChI is InChI=1S/C26H30ClN3O3/c1-3-22(19-8-7-9-20(27)16-19)28-23(31)17-29-24(32)26(14-5-4-6-15-26)30(25(29)33)21-12-10-18(2)11-13-21/h7-13,16,22H,3-6,14-15,17H2,1-2H3,(H,28,31). The minimum absolute atomic E-state index is 0.249. The van der Waals surface area contributed by atoms with Crippen LogP contribution in [0.5, 0.6) is 0 Å². The van der Waals surface area contributed by atoms with E-state index in [1.807, 2.05) is 56.3 Å². The van der Waals surface area contributed by atoms with Gasteiger partial charge in [0.15, 0.2) is 0 Å². The topological polar surface area (TPSA) is 69.7 Å². The lowest BCUT2D eigenvalue weighted by molar-refractivity contribution is -0.135. The maximum absolute atomic E-state index is 13.6. The Morgan fingerprint density at radius 1 is 1.09 bits per heavy atom. The van der Waals surface area contributed by atoms with Crippen LogP contribution < -0.4 is 10.2 Å². The lowest BCUT2D eigenvalue weighted by Gasteiger charge is -2.38. The van der Waals surface area contributed by atoms with Crippen LogP contribution in [0.25, 0.3) is 0 Å². The Labute approximate surface area is 199 Å². The van der Waals surface area contributed by atoms with Crippen molar-refractivity contribution in [3.05, 3.63) is 64.7 Å². The number of anilines is 1. The van der Waals surface area contributed by atoms with Crippen molar-refractivity contribution in [1.29, 1.82) is 0 Å². The molecule has 33 heavy (non-hydrogen) atoms. The van der Waals surface area contributed by atoms with Crippen molar-refractivity contribution in [2.24, 2.45) is 0 Å². The Hall–Kier alpha value is -2.86. The lowest BCUT2D eigenvalue weighted by Crippen LogP contribution is -2.51. The molecule has 1 saturated carbocycles. The summed E-state index contributed by atoms with van der Waals surface area (Å²) in [7, 11) is 0. The maximum atomic E-state index is 13.6. The number of amides is 4. The van der Waals surface area contributed by atoms with Gasteiger partial charge in [-0.3, -0.25) is 19.4 Å². The number of hydrogen-bond acceptors (Lipinski definition) is 3. The fraction of sp³-hybridized carbons (Fsp3) is 0.423. The van der Waals surface area contributed by atoms with Gasteiger partial charge in [0, 0.05) is 10.7 Å². The van der Waals surface area contributed by atoms with Gasteiger partial charge in [0.1, 0.15) is 12.1 Å². The van der Waals surface area contributed by atoms with Crippen molar-refractivity contribution in [3.63, 3.8) is 0 Å². The Kier molecular flexibility index (Phi) is 6.75.